The van der Waals surface area contributed by atoms with Gasteiger partial charge < -0.3 is 11.1 Å². The maximum atomic E-state index is 12.2. The fourth-order valence-electron chi connectivity index (χ4n) is 3.16. The van der Waals surface area contributed by atoms with Crippen LogP contribution in [0.15, 0.2) is 54.9 Å². The van der Waals surface area contributed by atoms with E-state index in [4.69, 9.17) is 5.73 Å². The zero-order chi connectivity index (χ0) is 21.3. The maximum absolute atomic E-state index is 12.2. The number of rotatable bonds is 4. The summed E-state index contributed by atoms with van der Waals surface area (Å²) >= 11 is 0. The Bertz CT molecular complexity index is 1270. The lowest BCUT2D eigenvalue weighted by Gasteiger charge is -2.08. The van der Waals surface area contributed by atoms with Crippen LogP contribution in [0.4, 0.5) is 22.1 Å². The van der Waals surface area contributed by atoms with Crippen molar-refractivity contribution < 1.29 is 9.59 Å². The molecule has 0 saturated carbocycles. The number of benzene rings is 1. The van der Waals surface area contributed by atoms with E-state index in [0.29, 0.717) is 22.7 Å². The van der Waals surface area contributed by atoms with E-state index in [1.807, 2.05) is 32.1 Å². The third kappa shape index (κ3) is 3.70. The zero-order valence-electron chi connectivity index (χ0n) is 16.4. The normalized spacial score (nSPS) is 10.7. The lowest BCUT2D eigenvalue weighted by atomic mass is 10.0. The Hall–Kier alpha value is -4.21. The second-order valence-electron chi connectivity index (χ2n) is 6.73. The van der Waals surface area contributed by atoms with Gasteiger partial charge in [0, 0.05) is 18.2 Å². The number of fused-ring (bicyclic) bond motifs is 1. The van der Waals surface area contributed by atoms with Gasteiger partial charge in [-0.3, -0.25) is 10.1 Å². The molecule has 2 amide bonds. The number of hydrogen-bond donors (Lipinski definition) is 3. The monoisotopic (exact) mass is 399 g/mol. The first-order chi connectivity index (χ1) is 14.4. The van der Waals surface area contributed by atoms with Gasteiger partial charge in [0.25, 0.3) is 0 Å². The molecular weight excluding hydrogens is 381 g/mol. The second kappa shape index (κ2) is 7.67. The first kappa shape index (κ1) is 19.1. The molecule has 0 saturated heterocycles. The molecule has 9 nitrogen and oxygen atoms in total. The molecule has 30 heavy (non-hydrogen) atoms. The smallest absolute Gasteiger partial charge is 0.324 e. The number of Topliss-reactive ketones (excluding diaryl/α,β-unsaturated/α-hetero) is 1. The lowest BCUT2D eigenvalue weighted by Crippen LogP contribution is -2.21. The second-order valence-corrected chi connectivity index (χ2v) is 6.73. The first-order valence-electron chi connectivity index (χ1n) is 9.17. The predicted molar refractivity (Wildman–Crippen MR) is 118 cm³/mol. The van der Waals surface area contributed by atoms with Crippen LogP contribution in [0.5, 0.6) is 0 Å². The molecule has 0 atom stereocenters. The highest BCUT2D eigenvalue weighted by Gasteiger charge is 2.17. The van der Waals surface area contributed by atoms with Crippen LogP contribution in [0.2, 0.25) is 0 Å². The highest BCUT2D eigenvalue weighted by molar-refractivity contribution is 6.30. The van der Waals surface area contributed by atoms with E-state index in [1.54, 1.807) is 24.3 Å². The van der Waals surface area contributed by atoms with Gasteiger partial charge in [0.2, 0.25) is 0 Å². The van der Waals surface area contributed by atoms with E-state index < -0.39 is 6.03 Å². The van der Waals surface area contributed by atoms with Crippen molar-refractivity contribution in [2.24, 2.45) is 0 Å². The van der Waals surface area contributed by atoms with Gasteiger partial charge in [0.15, 0.2) is 19.4 Å². The molecule has 0 aliphatic carbocycles. The molecule has 10 heteroatoms. The van der Waals surface area contributed by atoms with Crippen LogP contribution in [-0.4, -0.2) is 39.2 Å². The number of carbonyl (C=O) groups excluding carboxylic acids is 2. The van der Waals surface area contributed by atoms with Crippen LogP contribution in [-0.2, 0) is 0 Å². The van der Waals surface area contributed by atoms with Crippen molar-refractivity contribution in [3.8, 4) is 11.1 Å². The predicted octanol–water partition coefficient (Wildman–Crippen LogP) is 1.48. The van der Waals surface area contributed by atoms with Crippen LogP contribution >= 0.6 is 0 Å². The Morgan fingerprint density at radius 2 is 1.87 bits per heavy atom. The van der Waals surface area contributed by atoms with Gasteiger partial charge in [-0.15, -0.1) is 0 Å². The van der Waals surface area contributed by atoms with Crippen molar-refractivity contribution >= 4 is 48.1 Å². The summed E-state index contributed by atoms with van der Waals surface area (Å²) in [7, 11) is 1.85. The number of nitrogens with one attached hydrogen (secondary N) is 2. The Kier molecular flexibility index (Phi) is 4.89. The number of anilines is 3. The Morgan fingerprint density at radius 1 is 1.10 bits per heavy atom. The molecule has 0 spiro atoms. The van der Waals surface area contributed by atoms with Crippen molar-refractivity contribution in [2.45, 2.75) is 6.92 Å². The van der Waals surface area contributed by atoms with E-state index in [2.05, 4.69) is 25.7 Å². The molecule has 4 aromatic rings. The van der Waals surface area contributed by atoms with Gasteiger partial charge in [-0.1, -0.05) is 24.3 Å². The minimum Gasteiger partial charge on any atom is -0.382 e. The van der Waals surface area contributed by atoms with E-state index in [1.165, 1.54) is 17.8 Å². The summed E-state index contributed by atoms with van der Waals surface area (Å²) in [5.41, 5.74) is 9.97. The molecule has 0 radical (unpaired) electrons. The number of aromatic nitrogens is 4. The molecule has 0 fully saturated rings. The molecule has 148 valence electrons. The third-order valence-electron chi connectivity index (χ3n) is 4.53. The summed E-state index contributed by atoms with van der Waals surface area (Å²) in [5, 5.41) is 9.60. The number of carbonyl (C=O) groups is 2. The number of amides is 2. The average molecular weight is 399 g/mol. The van der Waals surface area contributed by atoms with Gasteiger partial charge in [-0.05, 0) is 35.4 Å². The van der Waals surface area contributed by atoms with Crippen molar-refractivity contribution in [1.29, 1.82) is 0 Å². The van der Waals surface area contributed by atoms with Gasteiger partial charge >= 0.3 is 6.03 Å². The molecule has 0 bridgehead atoms. The van der Waals surface area contributed by atoms with Crippen LogP contribution < -0.4 is 22.0 Å². The topological polar surface area (TPSA) is 127 Å². The molecule has 3 aromatic heterocycles. The molecular formula is C20H18BN7O2. The zero-order valence-corrected chi connectivity index (χ0v) is 16.4. The van der Waals surface area contributed by atoms with E-state index >= 15 is 0 Å². The highest BCUT2D eigenvalue weighted by Crippen LogP contribution is 2.31. The summed E-state index contributed by atoms with van der Waals surface area (Å²) in [6, 6.07) is 13.9. The number of nitrogens with two attached hydrogens (primary N) is 1. The minimum absolute atomic E-state index is 0.130. The van der Waals surface area contributed by atoms with Crippen LogP contribution in [0.1, 0.15) is 17.4 Å². The Balaban J connectivity index is 1.58. The van der Waals surface area contributed by atoms with Gasteiger partial charge in [0.05, 0.1) is 0 Å². The van der Waals surface area contributed by atoms with Gasteiger partial charge in [-0.2, -0.15) is 5.10 Å². The summed E-state index contributed by atoms with van der Waals surface area (Å²) in [4.78, 5) is 32.5. The van der Waals surface area contributed by atoms with Crippen LogP contribution in [0.3, 0.4) is 0 Å². The fourth-order valence-corrected chi connectivity index (χ4v) is 3.16. The average Bonchev–Trinajstić information content (AvgIpc) is 3.10. The Morgan fingerprint density at radius 3 is 2.57 bits per heavy atom. The van der Waals surface area contributed by atoms with Gasteiger partial charge in [0.1, 0.15) is 23.4 Å². The summed E-state index contributed by atoms with van der Waals surface area (Å²) < 4.78 is 1.49. The first-order valence-corrected chi connectivity index (χ1v) is 9.17. The summed E-state index contributed by atoms with van der Waals surface area (Å²) in [5.74, 6) is 0.616. The van der Waals surface area contributed by atoms with Crippen LogP contribution in [0.25, 0.3) is 16.6 Å². The van der Waals surface area contributed by atoms with Crippen LogP contribution in [0, 0.1) is 0 Å². The van der Waals surface area contributed by atoms with Crippen molar-refractivity contribution in [3.63, 3.8) is 0 Å². The quantitative estimate of drug-likeness (QED) is 0.352. The molecule has 1 aromatic carbocycles. The highest BCUT2D eigenvalue weighted by atomic mass is 16.2. The van der Waals surface area contributed by atoms with Crippen molar-refractivity contribution in [3.05, 3.63) is 60.6 Å². The number of pyridine rings is 1. The van der Waals surface area contributed by atoms with Crippen molar-refractivity contribution in [1.82, 2.24) is 19.6 Å². The van der Waals surface area contributed by atoms with Crippen molar-refractivity contribution in [2.75, 3.05) is 16.4 Å². The summed E-state index contributed by atoms with van der Waals surface area (Å²) in [6.07, 6.45) is 1.31. The Labute approximate surface area is 172 Å². The largest absolute Gasteiger partial charge is 0.382 e. The fraction of sp³-hybridized carbons (Fsp3) is 0.0500. The number of nitrogen functional groups attached to an aromatic ring is 1. The minimum atomic E-state index is -0.397. The standard InChI is InChI=1S/C20H18BN7O2/c1-11(29)15-9-14(18-19(22)23-10-24-28(15)18)12-5-7-13(8-6-12)25-20(30)27-17-4-2-3-16(21)26-17/h2-10H,21H2,1H3,(H2,22,23,24)(H2,25,26,27,30). The molecule has 3 heterocycles. The number of nitrogens with zero attached hydrogens (tertiary/aromatic N) is 4. The molecule has 4 rings (SSSR count). The summed E-state index contributed by atoms with van der Waals surface area (Å²) in [6.45, 7) is 1.47. The SMILES string of the molecule is Bc1cccc(NC(=O)Nc2ccc(-c3cc(C(C)=O)n4ncnc(N)c34)cc2)n1. The van der Waals surface area contributed by atoms with Gasteiger partial charge in [-0.25, -0.2) is 19.3 Å². The van der Waals surface area contributed by atoms with E-state index in [-0.39, 0.29) is 11.6 Å². The lowest BCUT2D eigenvalue weighted by molar-refractivity contribution is 0.101. The number of urea groups is 1. The van der Waals surface area contributed by atoms with E-state index in [9.17, 15) is 9.59 Å². The molecule has 0 unspecified atom stereocenters. The molecule has 0 aliphatic rings. The van der Waals surface area contributed by atoms with E-state index in [0.717, 1.165) is 16.7 Å². The number of hydrogen-bond acceptors (Lipinski definition) is 6. The number of ketones is 1. The molecule has 4 N–H and O–H groups in total. The molecule has 0 aliphatic heterocycles. The third-order valence-corrected chi connectivity index (χ3v) is 4.53. The maximum Gasteiger partial charge on any atom is 0.324 e.